The van der Waals surface area contributed by atoms with Crippen LogP contribution < -0.4 is 15.4 Å². The van der Waals surface area contributed by atoms with Gasteiger partial charge in [-0.3, -0.25) is 4.79 Å². The molecule has 0 unspecified atom stereocenters. The van der Waals surface area contributed by atoms with Gasteiger partial charge in [0.25, 0.3) is 5.91 Å². The fraction of sp³-hybridized carbons (Fsp3) is 0.250. The van der Waals surface area contributed by atoms with Crippen LogP contribution in [0, 0.1) is 0 Å². The molecule has 32 heavy (non-hydrogen) atoms. The Kier molecular flexibility index (Phi) is 5.89. The summed E-state index contributed by atoms with van der Waals surface area (Å²) in [6, 6.07) is 9.16. The zero-order valence-corrected chi connectivity index (χ0v) is 17.8. The van der Waals surface area contributed by atoms with Crippen LogP contribution in [0.15, 0.2) is 36.4 Å². The molecule has 0 aliphatic carbocycles. The number of nitrogens with zero attached hydrogens (tertiary/aromatic N) is 3. The molecule has 0 saturated heterocycles. The third-order valence-corrected chi connectivity index (χ3v) is 5.50. The van der Waals surface area contributed by atoms with Gasteiger partial charge in [0.05, 0.1) is 27.9 Å². The van der Waals surface area contributed by atoms with Gasteiger partial charge in [-0.05, 0) is 30.3 Å². The van der Waals surface area contributed by atoms with Crippen LogP contribution in [0.3, 0.4) is 0 Å². The van der Waals surface area contributed by atoms with Crippen molar-refractivity contribution in [1.82, 2.24) is 19.9 Å². The van der Waals surface area contributed by atoms with Crippen LogP contribution in [0.1, 0.15) is 10.4 Å². The molecule has 4 aromatic rings. The molecule has 0 aliphatic rings. The highest BCUT2D eigenvalue weighted by Crippen LogP contribution is 2.33. The summed E-state index contributed by atoms with van der Waals surface area (Å²) in [6.07, 6.45) is -4.77. The van der Waals surface area contributed by atoms with Crippen LogP contribution in [-0.2, 0) is 11.8 Å². The number of carbonyl (C=O) groups excluding carboxylic acids is 1. The molecule has 0 fully saturated rings. The number of amides is 1. The van der Waals surface area contributed by atoms with Crippen LogP contribution in [0.5, 0.6) is 5.75 Å². The molecule has 0 atom stereocenters. The number of benzene rings is 2. The van der Waals surface area contributed by atoms with Crippen molar-refractivity contribution in [2.75, 3.05) is 25.6 Å². The fourth-order valence-electron chi connectivity index (χ4n) is 3.07. The van der Waals surface area contributed by atoms with Crippen molar-refractivity contribution in [3.63, 3.8) is 0 Å². The van der Waals surface area contributed by atoms with Crippen LogP contribution in [0.2, 0.25) is 0 Å². The number of hydrogen-bond acceptors (Lipinski definition) is 7. The average Bonchev–Trinajstić information content (AvgIpc) is 3.26. The predicted molar refractivity (Wildman–Crippen MR) is 115 cm³/mol. The topological polar surface area (TPSA) is 90.3 Å². The number of alkyl halides is 3. The van der Waals surface area contributed by atoms with Crippen molar-refractivity contribution < 1.29 is 27.4 Å². The highest BCUT2D eigenvalue weighted by Gasteiger charge is 2.31. The van der Waals surface area contributed by atoms with Gasteiger partial charge in [-0.15, -0.1) is 13.2 Å². The van der Waals surface area contributed by atoms with Gasteiger partial charge in [-0.1, -0.05) is 11.3 Å². The lowest BCUT2D eigenvalue weighted by atomic mass is 10.2. The molecular weight excluding hydrogens is 447 g/mol. The number of nitrogens with one attached hydrogen (secondary N) is 2. The number of imidazole rings is 1. The number of rotatable bonds is 7. The first-order valence-electron chi connectivity index (χ1n) is 9.40. The predicted octanol–water partition coefficient (Wildman–Crippen LogP) is 4.20. The molecule has 0 aliphatic heterocycles. The van der Waals surface area contributed by atoms with Gasteiger partial charge in [0.15, 0.2) is 5.13 Å². The maximum atomic E-state index is 12.4. The van der Waals surface area contributed by atoms with Crippen molar-refractivity contribution in [3.05, 3.63) is 42.0 Å². The first kappa shape index (κ1) is 21.8. The molecule has 0 saturated carbocycles. The van der Waals surface area contributed by atoms with Crippen molar-refractivity contribution in [3.8, 4) is 5.75 Å². The second-order valence-electron chi connectivity index (χ2n) is 6.77. The van der Waals surface area contributed by atoms with Gasteiger partial charge in [-0.2, -0.15) is 0 Å². The van der Waals surface area contributed by atoms with Crippen molar-refractivity contribution in [2.24, 2.45) is 7.05 Å². The van der Waals surface area contributed by atoms with Gasteiger partial charge < -0.3 is 24.7 Å². The Morgan fingerprint density at radius 3 is 2.72 bits per heavy atom. The Labute approximate surface area is 184 Å². The third-order valence-electron chi connectivity index (χ3n) is 4.55. The number of carbonyl (C=O) groups is 1. The Morgan fingerprint density at radius 1 is 1.16 bits per heavy atom. The van der Waals surface area contributed by atoms with Crippen LogP contribution in [-0.4, -0.2) is 47.1 Å². The van der Waals surface area contributed by atoms with Crippen molar-refractivity contribution in [2.45, 2.75) is 6.36 Å². The number of methoxy groups -OCH3 is 1. The molecule has 0 radical (unpaired) electrons. The van der Waals surface area contributed by atoms with E-state index in [-0.39, 0.29) is 11.7 Å². The highest BCUT2D eigenvalue weighted by atomic mass is 32.1. The first-order valence-corrected chi connectivity index (χ1v) is 10.2. The second-order valence-corrected chi connectivity index (χ2v) is 7.80. The minimum atomic E-state index is -4.77. The summed E-state index contributed by atoms with van der Waals surface area (Å²) in [5.74, 6) is -0.0872. The molecule has 12 heteroatoms. The first-order chi connectivity index (χ1) is 15.2. The number of halogens is 3. The van der Waals surface area contributed by atoms with E-state index in [1.54, 1.807) is 36.9 Å². The van der Waals surface area contributed by atoms with Gasteiger partial charge in [0.1, 0.15) is 5.75 Å². The largest absolute Gasteiger partial charge is 0.573 e. The number of hydrogen-bond donors (Lipinski definition) is 2. The minimum Gasteiger partial charge on any atom is -0.406 e. The molecule has 2 aromatic heterocycles. The van der Waals surface area contributed by atoms with E-state index in [1.807, 2.05) is 0 Å². The molecular formula is C20H18F3N5O3S. The van der Waals surface area contributed by atoms with Gasteiger partial charge >= 0.3 is 6.36 Å². The summed E-state index contributed by atoms with van der Waals surface area (Å²) in [4.78, 5) is 21.1. The standard InChI is InChI=1S/C20H18F3N5O3S/c1-28-15-5-3-11(17(29)24-7-8-30-2)9-13(15)25-18(28)27-19-26-14-10-12(31-20(21,22)23)4-6-16(14)32-19/h3-6,9-10H,7-8H2,1-2H3,(H,24,29)(H,25,26,27). The summed E-state index contributed by atoms with van der Waals surface area (Å²) < 4.78 is 48.7. The van der Waals surface area contributed by atoms with E-state index in [4.69, 9.17) is 4.74 Å². The lowest BCUT2D eigenvalue weighted by molar-refractivity contribution is -0.274. The second kappa shape index (κ2) is 8.63. The number of aromatic nitrogens is 3. The normalized spacial score (nSPS) is 11.8. The van der Waals surface area contributed by atoms with E-state index in [9.17, 15) is 18.0 Å². The van der Waals surface area contributed by atoms with E-state index in [1.165, 1.54) is 29.5 Å². The molecule has 2 heterocycles. The molecule has 0 spiro atoms. The molecule has 2 N–H and O–H groups in total. The smallest absolute Gasteiger partial charge is 0.406 e. The number of fused-ring (bicyclic) bond motifs is 2. The molecule has 2 aromatic carbocycles. The summed E-state index contributed by atoms with van der Waals surface area (Å²) in [7, 11) is 3.36. The summed E-state index contributed by atoms with van der Waals surface area (Å²) in [5.41, 5.74) is 2.24. The van der Waals surface area contributed by atoms with E-state index >= 15 is 0 Å². The molecule has 1 amide bonds. The average molecular weight is 465 g/mol. The van der Waals surface area contributed by atoms with E-state index < -0.39 is 6.36 Å². The summed E-state index contributed by atoms with van der Waals surface area (Å²) in [6.45, 7) is 0.813. The number of thiazole rings is 1. The lowest BCUT2D eigenvalue weighted by Gasteiger charge is -2.07. The van der Waals surface area contributed by atoms with Gasteiger partial charge in [0.2, 0.25) is 5.95 Å². The van der Waals surface area contributed by atoms with Crippen LogP contribution >= 0.6 is 11.3 Å². The van der Waals surface area contributed by atoms with E-state index in [0.29, 0.717) is 45.5 Å². The Bertz CT molecular complexity index is 1280. The SMILES string of the molecule is COCCNC(=O)c1ccc2c(c1)nc(Nc1nc3cc(OC(F)(F)F)ccc3s1)n2C. The molecule has 8 nitrogen and oxygen atoms in total. The number of ether oxygens (including phenoxy) is 2. The van der Waals surface area contributed by atoms with E-state index in [0.717, 1.165) is 5.52 Å². The summed E-state index contributed by atoms with van der Waals surface area (Å²) in [5, 5.41) is 6.30. The van der Waals surface area contributed by atoms with Gasteiger partial charge in [0, 0.05) is 32.3 Å². The fourth-order valence-corrected chi connectivity index (χ4v) is 3.91. The lowest BCUT2D eigenvalue weighted by Crippen LogP contribution is -2.26. The Morgan fingerprint density at radius 2 is 1.97 bits per heavy atom. The Hall–Kier alpha value is -3.38. The van der Waals surface area contributed by atoms with E-state index in [2.05, 4.69) is 25.3 Å². The number of anilines is 2. The third kappa shape index (κ3) is 4.75. The van der Waals surface area contributed by atoms with Crippen molar-refractivity contribution in [1.29, 1.82) is 0 Å². The van der Waals surface area contributed by atoms with Crippen LogP contribution in [0.4, 0.5) is 24.3 Å². The number of aryl methyl sites for hydroxylation is 1. The zero-order chi connectivity index (χ0) is 22.9. The minimum absolute atomic E-state index is 0.229. The monoisotopic (exact) mass is 465 g/mol. The zero-order valence-electron chi connectivity index (χ0n) is 17.0. The van der Waals surface area contributed by atoms with Crippen LogP contribution in [0.25, 0.3) is 21.3 Å². The molecule has 168 valence electrons. The van der Waals surface area contributed by atoms with Crippen molar-refractivity contribution >= 4 is 49.6 Å². The maximum Gasteiger partial charge on any atom is 0.573 e. The molecule has 0 bridgehead atoms. The maximum absolute atomic E-state index is 12.4. The quantitative estimate of drug-likeness (QED) is 0.398. The van der Waals surface area contributed by atoms with Gasteiger partial charge in [-0.25, -0.2) is 9.97 Å². The Balaban J connectivity index is 1.56. The summed E-state index contributed by atoms with van der Waals surface area (Å²) >= 11 is 1.27. The molecule has 4 rings (SSSR count). The highest BCUT2D eigenvalue weighted by molar-refractivity contribution is 7.22.